The number of rotatable bonds is 4. The number of aromatic amines is 1. The van der Waals surface area contributed by atoms with Gasteiger partial charge in [0.05, 0.1) is 0 Å². The standard InChI is InChI=1S/C19H25ClFN3OSSi/c1-10(2)27(11(3)4,12(5)6)9-8-13-14-16(15(21)17(20)22-13)23-19(26-7)24-18(14)25/h10-12H,1-7H3,(H,23,24,25). The van der Waals surface area contributed by atoms with E-state index in [-0.39, 0.29) is 21.7 Å². The van der Waals surface area contributed by atoms with Crippen molar-refractivity contribution in [2.45, 2.75) is 63.3 Å². The smallest absolute Gasteiger partial charge is 0.262 e. The van der Waals surface area contributed by atoms with Gasteiger partial charge >= 0.3 is 0 Å². The Morgan fingerprint density at radius 1 is 1.11 bits per heavy atom. The van der Waals surface area contributed by atoms with Crippen molar-refractivity contribution in [3.8, 4) is 11.5 Å². The largest absolute Gasteiger partial charge is 0.301 e. The summed E-state index contributed by atoms with van der Waals surface area (Å²) >= 11 is 7.20. The molecule has 2 heterocycles. The molecule has 1 N–H and O–H groups in total. The van der Waals surface area contributed by atoms with Gasteiger partial charge in [-0.25, -0.2) is 14.4 Å². The van der Waals surface area contributed by atoms with Crippen LogP contribution in [-0.4, -0.2) is 29.3 Å². The summed E-state index contributed by atoms with van der Waals surface area (Å²) < 4.78 is 14.5. The SMILES string of the molecule is CSc1nc2c(F)c(Cl)nc(C#C[Si](C(C)C)(C(C)C)C(C)C)c2c(=O)[nH]1. The Balaban J connectivity index is 2.84. The van der Waals surface area contributed by atoms with E-state index in [4.69, 9.17) is 11.6 Å². The van der Waals surface area contributed by atoms with Crippen LogP contribution in [0, 0.1) is 17.3 Å². The van der Waals surface area contributed by atoms with Crippen molar-refractivity contribution in [3.63, 3.8) is 0 Å². The van der Waals surface area contributed by atoms with E-state index < -0.39 is 19.5 Å². The normalized spacial score (nSPS) is 12.1. The maximum Gasteiger partial charge on any atom is 0.262 e. The van der Waals surface area contributed by atoms with Gasteiger partial charge in [0.15, 0.2) is 16.1 Å². The maximum atomic E-state index is 14.5. The lowest BCUT2D eigenvalue weighted by molar-refractivity contribution is 0.629. The molecule has 0 amide bonds. The third kappa shape index (κ3) is 3.94. The van der Waals surface area contributed by atoms with Gasteiger partial charge in [0, 0.05) is 0 Å². The zero-order valence-electron chi connectivity index (χ0n) is 16.7. The van der Waals surface area contributed by atoms with Crippen LogP contribution in [0.1, 0.15) is 47.2 Å². The highest BCUT2D eigenvalue weighted by atomic mass is 35.5. The molecule has 0 aliphatic carbocycles. The predicted molar refractivity (Wildman–Crippen MR) is 115 cm³/mol. The van der Waals surface area contributed by atoms with Crippen LogP contribution >= 0.6 is 23.4 Å². The van der Waals surface area contributed by atoms with Crippen LogP contribution in [0.2, 0.25) is 21.8 Å². The fraction of sp³-hybridized carbons (Fsp3) is 0.526. The molecule has 0 saturated heterocycles. The number of hydrogen-bond donors (Lipinski definition) is 1. The van der Waals surface area contributed by atoms with E-state index in [9.17, 15) is 9.18 Å². The number of pyridine rings is 1. The molecule has 0 aromatic carbocycles. The average molecular weight is 426 g/mol. The monoisotopic (exact) mass is 425 g/mol. The molecule has 2 aromatic rings. The molecule has 0 atom stereocenters. The first-order valence-corrected chi connectivity index (χ1v) is 12.8. The summed E-state index contributed by atoms with van der Waals surface area (Å²) in [6, 6.07) is 0. The zero-order valence-corrected chi connectivity index (χ0v) is 19.3. The highest BCUT2D eigenvalue weighted by molar-refractivity contribution is 7.98. The lowest BCUT2D eigenvalue weighted by atomic mass is 10.2. The summed E-state index contributed by atoms with van der Waals surface area (Å²) in [5.74, 6) is 2.31. The number of thioether (sulfide) groups is 1. The quantitative estimate of drug-likeness (QED) is 0.234. The minimum Gasteiger partial charge on any atom is -0.301 e. The third-order valence-electron chi connectivity index (χ3n) is 5.19. The van der Waals surface area contributed by atoms with Crippen molar-refractivity contribution in [2.75, 3.05) is 6.26 Å². The Bertz CT molecular complexity index is 957. The summed E-state index contributed by atoms with van der Waals surface area (Å²) in [5.41, 5.74) is 4.42. The van der Waals surface area contributed by atoms with E-state index in [1.54, 1.807) is 6.26 Å². The minimum absolute atomic E-state index is 0.0568. The van der Waals surface area contributed by atoms with E-state index in [1.807, 2.05) is 0 Å². The first-order valence-electron chi connectivity index (χ1n) is 8.92. The third-order valence-corrected chi connectivity index (χ3v) is 12.3. The van der Waals surface area contributed by atoms with E-state index in [0.29, 0.717) is 21.8 Å². The van der Waals surface area contributed by atoms with Crippen LogP contribution in [0.3, 0.4) is 0 Å². The summed E-state index contributed by atoms with van der Waals surface area (Å²) in [7, 11) is -2.04. The topological polar surface area (TPSA) is 58.6 Å². The fourth-order valence-corrected chi connectivity index (χ4v) is 9.67. The number of halogens is 2. The van der Waals surface area contributed by atoms with Gasteiger partial charge in [0.25, 0.3) is 5.56 Å². The maximum absolute atomic E-state index is 14.5. The van der Waals surface area contributed by atoms with Gasteiger partial charge in [-0.2, -0.15) is 0 Å². The van der Waals surface area contributed by atoms with Crippen molar-refractivity contribution < 1.29 is 4.39 Å². The number of nitrogens with one attached hydrogen (secondary N) is 1. The molecular weight excluding hydrogens is 401 g/mol. The van der Waals surface area contributed by atoms with Crippen LogP contribution in [0.4, 0.5) is 4.39 Å². The molecule has 2 rings (SSSR count). The zero-order chi connectivity index (χ0) is 20.5. The molecule has 146 valence electrons. The Hall–Kier alpha value is -1.36. The van der Waals surface area contributed by atoms with E-state index in [1.165, 1.54) is 11.8 Å². The van der Waals surface area contributed by atoms with Crippen LogP contribution in [0.15, 0.2) is 9.95 Å². The number of fused-ring (bicyclic) bond motifs is 1. The van der Waals surface area contributed by atoms with Gasteiger partial charge in [-0.1, -0.05) is 70.8 Å². The van der Waals surface area contributed by atoms with Crippen LogP contribution in [0.5, 0.6) is 0 Å². The lowest BCUT2D eigenvalue weighted by Crippen LogP contribution is -2.43. The molecule has 0 unspecified atom stereocenters. The summed E-state index contributed by atoms with van der Waals surface area (Å²) in [6.45, 7) is 13.2. The van der Waals surface area contributed by atoms with Gasteiger partial charge in [-0.05, 0) is 22.9 Å². The van der Waals surface area contributed by atoms with Gasteiger partial charge in [0.1, 0.15) is 24.7 Å². The molecule has 4 nitrogen and oxygen atoms in total. The highest BCUT2D eigenvalue weighted by Crippen LogP contribution is 2.40. The first-order chi connectivity index (χ1) is 12.6. The number of H-pyrrole nitrogens is 1. The molecule has 0 aliphatic rings. The van der Waals surface area contributed by atoms with Crippen molar-refractivity contribution in [3.05, 3.63) is 27.0 Å². The molecule has 2 aromatic heterocycles. The molecular formula is C19H25ClFN3OSSi. The minimum atomic E-state index is -2.04. The number of aromatic nitrogens is 3. The summed E-state index contributed by atoms with van der Waals surface area (Å²) in [4.78, 5) is 23.4. The fourth-order valence-electron chi connectivity index (χ4n) is 3.92. The molecule has 0 bridgehead atoms. The van der Waals surface area contributed by atoms with E-state index >= 15 is 0 Å². The van der Waals surface area contributed by atoms with Gasteiger partial charge in [0.2, 0.25) is 0 Å². The van der Waals surface area contributed by atoms with Gasteiger partial charge in [-0.3, -0.25) is 4.79 Å². The molecule has 0 aliphatic heterocycles. The van der Waals surface area contributed by atoms with Crippen LogP contribution in [0.25, 0.3) is 10.9 Å². The number of nitrogens with zero attached hydrogens (tertiary/aromatic N) is 2. The van der Waals surface area contributed by atoms with Crippen molar-refractivity contribution in [2.24, 2.45) is 0 Å². The van der Waals surface area contributed by atoms with E-state index in [0.717, 1.165) is 0 Å². The Morgan fingerprint density at radius 2 is 1.67 bits per heavy atom. The Labute approximate surface area is 169 Å². The van der Waals surface area contributed by atoms with Crippen molar-refractivity contribution >= 4 is 42.3 Å². The molecule has 0 saturated carbocycles. The Kier molecular flexibility index (Phi) is 6.77. The molecule has 0 spiro atoms. The summed E-state index contributed by atoms with van der Waals surface area (Å²) in [6.07, 6.45) is 1.75. The van der Waals surface area contributed by atoms with Crippen LogP contribution in [-0.2, 0) is 0 Å². The van der Waals surface area contributed by atoms with Gasteiger partial charge < -0.3 is 4.98 Å². The highest BCUT2D eigenvalue weighted by Gasteiger charge is 2.41. The second kappa shape index (κ2) is 8.34. The second-order valence-corrected chi connectivity index (χ2v) is 14.2. The number of hydrogen-bond acceptors (Lipinski definition) is 4. The summed E-state index contributed by atoms with van der Waals surface area (Å²) in [5, 5.41) is 0.0621. The van der Waals surface area contributed by atoms with Crippen molar-refractivity contribution in [1.29, 1.82) is 0 Å². The molecule has 8 heteroatoms. The average Bonchev–Trinajstić information content (AvgIpc) is 2.58. The van der Waals surface area contributed by atoms with Gasteiger partial charge in [-0.15, -0.1) is 5.54 Å². The first kappa shape index (κ1) is 21.9. The lowest BCUT2D eigenvalue weighted by Gasteiger charge is -2.38. The molecule has 27 heavy (non-hydrogen) atoms. The van der Waals surface area contributed by atoms with E-state index in [2.05, 4.69) is 68.0 Å². The van der Waals surface area contributed by atoms with Crippen molar-refractivity contribution in [1.82, 2.24) is 15.0 Å². The second-order valence-electron chi connectivity index (χ2n) is 7.51. The molecule has 0 radical (unpaired) electrons. The molecule has 0 fully saturated rings. The van der Waals surface area contributed by atoms with Crippen LogP contribution < -0.4 is 5.56 Å². The predicted octanol–water partition coefficient (Wildman–Crippen LogP) is 5.40. The Morgan fingerprint density at radius 3 is 2.15 bits per heavy atom.